The first-order chi connectivity index (χ1) is 10.1. The average molecular weight is 287 g/mol. The van der Waals surface area contributed by atoms with E-state index in [1.165, 1.54) is 18.4 Å². The number of hydrogen-bond donors (Lipinski definition) is 1. The normalized spacial score (nSPS) is 11.2. The van der Waals surface area contributed by atoms with Crippen LogP contribution in [0.15, 0.2) is 52.2 Å². The average Bonchev–Trinajstić information content (AvgIpc) is 2.99. The Morgan fingerprint density at radius 1 is 1.33 bits per heavy atom. The van der Waals surface area contributed by atoms with Gasteiger partial charge in [-0.15, -0.1) is 0 Å². The van der Waals surface area contributed by atoms with Crippen LogP contribution >= 0.6 is 0 Å². The third-order valence-electron chi connectivity index (χ3n) is 2.74. The Bertz CT molecular complexity index is 660. The highest BCUT2D eigenvalue weighted by Gasteiger charge is 2.07. The molecule has 0 spiro atoms. The van der Waals surface area contributed by atoms with E-state index in [2.05, 4.69) is 10.5 Å². The summed E-state index contributed by atoms with van der Waals surface area (Å²) >= 11 is 0. The second-order valence-electron chi connectivity index (χ2n) is 4.31. The topological polar surface area (TPSA) is 97.7 Å². The summed E-state index contributed by atoms with van der Waals surface area (Å²) in [5.41, 5.74) is 3.63. The number of carbonyl (C=O) groups excluding carboxylic acids is 1. The SMILES string of the molecule is CC(=NNC(=O)Cc1ccc([N+](=O)[O-])cc1)c1ccco1. The maximum atomic E-state index is 11.7. The Labute approximate surface area is 120 Å². The highest BCUT2D eigenvalue weighted by molar-refractivity contribution is 5.96. The molecule has 0 saturated carbocycles. The predicted octanol–water partition coefficient (Wildman–Crippen LogP) is 2.27. The van der Waals surface area contributed by atoms with E-state index in [9.17, 15) is 14.9 Å². The Balaban J connectivity index is 1.92. The number of carbonyl (C=O) groups is 1. The molecular weight excluding hydrogens is 274 g/mol. The van der Waals surface area contributed by atoms with Gasteiger partial charge in [-0.1, -0.05) is 12.1 Å². The lowest BCUT2D eigenvalue weighted by molar-refractivity contribution is -0.384. The molecule has 0 unspecified atom stereocenters. The summed E-state index contributed by atoms with van der Waals surface area (Å²) in [6.07, 6.45) is 1.61. The van der Waals surface area contributed by atoms with Gasteiger partial charge in [-0.2, -0.15) is 5.10 Å². The zero-order chi connectivity index (χ0) is 15.2. The van der Waals surface area contributed by atoms with E-state index < -0.39 is 4.92 Å². The summed E-state index contributed by atoms with van der Waals surface area (Å²) in [6, 6.07) is 9.27. The van der Waals surface area contributed by atoms with Gasteiger partial charge in [0, 0.05) is 12.1 Å². The van der Waals surface area contributed by atoms with Crippen molar-refractivity contribution in [2.24, 2.45) is 5.10 Å². The van der Waals surface area contributed by atoms with Gasteiger partial charge in [0.15, 0.2) is 0 Å². The fourth-order valence-electron chi connectivity index (χ4n) is 1.65. The Hall–Kier alpha value is -2.96. The minimum atomic E-state index is -0.485. The standard InChI is InChI=1S/C14H13N3O4/c1-10(13-3-2-8-21-13)15-16-14(18)9-11-4-6-12(7-5-11)17(19)20/h2-8H,9H2,1H3,(H,16,18). The maximum absolute atomic E-state index is 11.7. The number of non-ortho nitro benzene ring substituents is 1. The van der Waals surface area contributed by atoms with Crippen LogP contribution in [-0.4, -0.2) is 16.5 Å². The number of nitro groups is 1. The van der Waals surface area contributed by atoms with Crippen molar-refractivity contribution in [3.05, 3.63) is 64.1 Å². The molecule has 0 aliphatic rings. The molecule has 0 radical (unpaired) electrons. The van der Waals surface area contributed by atoms with Gasteiger partial charge in [0.05, 0.1) is 17.6 Å². The second-order valence-corrected chi connectivity index (χ2v) is 4.31. The first kappa shape index (κ1) is 14.4. The van der Waals surface area contributed by atoms with Gasteiger partial charge in [0.2, 0.25) is 5.91 Å². The second kappa shape index (κ2) is 6.47. The van der Waals surface area contributed by atoms with Gasteiger partial charge in [-0.05, 0) is 24.6 Å². The highest BCUT2D eigenvalue weighted by atomic mass is 16.6. The Kier molecular flexibility index (Phi) is 4.45. The summed E-state index contributed by atoms with van der Waals surface area (Å²) in [5, 5.41) is 14.4. The largest absolute Gasteiger partial charge is 0.463 e. The van der Waals surface area contributed by atoms with Gasteiger partial charge in [-0.25, -0.2) is 5.43 Å². The van der Waals surface area contributed by atoms with Crippen molar-refractivity contribution in [3.8, 4) is 0 Å². The van der Waals surface area contributed by atoms with Gasteiger partial charge in [0.1, 0.15) is 11.5 Å². The predicted molar refractivity (Wildman–Crippen MR) is 75.9 cm³/mol. The van der Waals surface area contributed by atoms with Gasteiger partial charge >= 0.3 is 0 Å². The molecular formula is C14H13N3O4. The summed E-state index contributed by atoms with van der Waals surface area (Å²) in [7, 11) is 0. The van der Waals surface area contributed by atoms with Crippen LogP contribution in [0.5, 0.6) is 0 Å². The monoisotopic (exact) mass is 287 g/mol. The molecule has 21 heavy (non-hydrogen) atoms. The third kappa shape index (κ3) is 4.00. The highest BCUT2D eigenvalue weighted by Crippen LogP contribution is 2.12. The number of nitrogens with zero attached hydrogens (tertiary/aromatic N) is 2. The van der Waals surface area contributed by atoms with Crippen molar-refractivity contribution in [2.45, 2.75) is 13.3 Å². The number of furan rings is 1. The van der Waals surface area contributed by atoms with Crippen molar-refractivity contribution in [1.82, 2.24) is 5.43 Å². The fraction of sp³-hybridized carbons (Fsp3) is 0.143. The lowest BCUT2D eigenvalue weighted by Gasteiger charge is -2.01. The summed E-state index contributed by atoms with van der Waals surface area (Å²) in [6.45, 7) is 1.71. The van der Waals surface area contributed by atoms with Crippen LogP contribution in [0.25, 0.3) is 0 Å². The van der Waals surface area contributed by atoms with Crippen molar-refractivity contribution in [3.63, 3.8) is 0 Å². The van der Waals surface area contributed by atoms with Gasteiger partial charge < -0.3 is 4.42 Å². The van der Waals surface area contributed by atoms with E-state index in [1.807, 2.05) is 0 Å². The summed E-state index contributed by atoms with van der Waals surface area (Å²) in [5.74, 6) is 0.264. The molecule has 2 rings (SSSR count). The maximum Gasteiger partial charge on any atom is 0.269 e. The minimum Gasteiger partial charge on any atom is -0.463 e. The van der Waals surface area contributed by atoms with E-state index in [4.69, 9.17) is 4.42 Å². The molecule has 1 aromatic carbocycles. The van der Waals surface area contributed by atoms with Crippen LogP contribution in [0.3, 0.4) is 0 Å². The quantitative estimate of drug-likeness (QED) is 0.518. The Morgan fingerprint density at radius 2 is 2.05 bits per heavy atom. The fourth-order valence-corrected chi connectivity index (χ4v) is 1.65. The minimum absolute atomic E-state index is 0.00848. The number of rotatable bonds is 5. The molecule has 1 amide bonds. The van der Waals surface area contributed by atoms with Crippen molar-refractivity contribution in [1.29, 1.82) is 0 Å². The van der Waals surface area contributed by atoms with Crippen LogP contribution in [-0.2, 0) is 11.2 Å². The van der Waals surface area contributed by atoms with Gasteiger partial charge in [-0.3, -0.25) is 14.9 Å². The van der Waals surface area contributed by atoms with E-state index in [0.29, 0.717) is 17.0 Å². The van der Waals surface area contributed by atoms with Crippen LogP contribution in [0.1, 0.15) is 18.2 Å². The van der Waals surface area contributed by atoms with E-state index in [0.717, 1.165) is 0 Å². The molecule has 0 atom stereocenters. The molecule has 2 aromatic rings. The van der Waals surface area contributed by atoms with Crippen molar-refractivity contribution in [2.75, 3.05) is 0 Å². The van der Waals surface area contributed by atoms with Crippen LogP contribution in [0, 0.1) is 10.1 Å². The molecule has 0 saturated heterocycles. The number of hydrazone groups is 1. The van der Waals surface area contributed by atoms with Crippen molar-refractivity contribution >= 4 is 17.3 Å². The number of benzene rings is 1. The molecule has 0 fully saturated rings. The molecule has 7 heteroatoms. The van der Waals surface area contributed by atoms with E-state index in [1.54, 1.807) is 31.2 Å². The smallest absolute Gasteiger partial charge is 0.269 e. The zero-order valence-electron chi connectivity index (χ0n) is 11.3. The number of nitrogens with one attached hydrogen (secondary N) is 1. The molecule has 1 aromatic heterocycles. The molecule has 0 aliphatic heterocycles. The molecule has 0 bridgehead atoms. The molecule has 0 aliphatic carbocycles. The van der Waals surface area contributed by atoms with Gasteiger partial charge in [0.25, 0.3) is 5.69 Å². The molecule has 108 valence electrons. The van der Waals surface area contributed by atoms with E-state index >= 15 is 0 Å². The molecule has 1 N–H and O–H groups in total. The molecule has 7 nitrogen and oxygen atoms in total. The summed E-state index contributed by atoms with van der Waals surface area (Å²) in [4.78, 5) is 21.8. The lowest BCUT2D eigenvalue weighted by atomic mass is 10.1. The summed E-state index contributed by atoms with van der Waals surface area (Å²) < 4.78 is 5.14. The Morgan fingerprint density at radius 3 is 2.62 bits per heavy atom. The van der Waals surface area contributed by atoms with Crippen LogP contribution in [0.2, 0.25) is 0 Å². The van der Waals surface area contributed by atoms with E-state index in [-0.39, 0.29) is 18.0 Å². The lowest BCUT2D eigenvalue weighted by Crippen LogP contribution is -2.21. The number of amides is 1. The zero-order valence-corrected chi connectivity index (χ0v) is 11.3. The van der Waals surface area contributed by atoms with Crippen LogP contribution < -0.4 is 5.43 Å². The molecule has 1 heterocycles. The number of nitro benzene ring substituents is 1. The van der Waals surface area contributed by atoms with Crippen molar-refractivity contribution < 1.29 is 14.1 Å². The van der Waals surface area contributed by atoms with Crippen LogP contribution in [0.4, 0.5) is 5.69 Å². The first-order valence-electron chi connectivity index (χ1n) is 6.16. The number of hydrogen-bond acceptors (Lipinski definition) is 5. The third-order valence-corrected chi connectivity index (χ3v) is 2.74. The first-order valence-corrected chi connectivity index (χ1v) is 6.16.